The van der Waals surface area contributed by atoms with E-state index >= 15 is 0 Å². The summed E-state index contributed by atoms with van der Waals surface area (Å²) in [5.74, 6) is 1.89. The Labute approximate surface area is 175 Å². The molecule has 28 heavy (non-hydrogen) atoms. The monoisotopic (exact) mass is 442 g/mol. The first-order valence-electron chi connectivity index (χ1n) is 9.24. The standard InChI is InChI=1S/C21H27BrN6/c1-16-24-8-9-28(16)13-18-7-5-6-17(10-18)12-25-21(23-2)27(4)15-20-11-19(22)14-26(20)3/h5-11,14H,12-13,15H2,1-4H3,(H,23,25). The van der Waals surface area contributed by atoms with Crippen molar-refractivity contribution in [2.45, 2.75) is 26.6 Å². The van der Waals surface area contributed by atoms with Crippen LogP contribution in [0.15, 0.2) is 58.4 Å². The molecule has 7 heteroatoms. The van der Waals surface area contributed by atoms with Crippen molar-refractivity contribution < 1.29 is 0 Å². The predicted octanol–water partition coefficient (Wildman–Crippen LogP) is 3.55. The lowest BCUT2D eigenvalue weighted by Gasteiger charge is -2.22. The molecule has 2 heterocycles. The van der Waals surface area contributed by atoms with E-state index in [2.05, 4.69) is 95.9 Å². The van der Waals surface area contributed by atoms with Crippen LogP contribution in [0.1, 0.15) is 22.6 Å². The topological polar surface area (TPSA) is 50.4 Å². The van der Waals surface area contributed by atoms with Gasteiger partial charge in [-0.15, -0.1) is 0 Å². The molecule has 3 aromatic rings. The van der Waals surface area contributed by atoms with Crippen LogP contribution in [0.3, 0.4) is 0 Å². The van der Waals surface area contributed by atoms with Gasteiger partial charge < -0.3 is 19.4 Å². The van der Waals surface area contributed by atoms with Crippen LogP contribution in [0.4, 0.5) is 0 Å². The smallest absolute Gasteiger partial charge is 0.194 e. The van der Waals surface area contributed by atoms with Crippen LogP contribution in [-0.2, 0) is 26.7 Å². The third kappa shape index (κ3) is 5.04. The number of nitrogens with zero attached hydrogens (tertiary/aromatic N) is 5. The Morgan fingerprint density at radius 3 is 2.71 bits per heavy atom. The Morgan fingerprint density at radius 2 is 2.07 bits per heavy atom. The van der Waals surface area contributed by atoms with Crippen LogP contribution < -0.4 is 5.32 Å². The zero-order valence-corrected chi connectivity index (χ0v) is 18.4. The van der Waals surface area contributed by atoms with E-state index in [9.17, 15) is 0 Å². The minimum Gasteiger partial charge on any atom is -0.352 e. The zero-order valence-electron chi connectivity index (χ0n) is 16.9. The van der Waals surface area contributed by atoms with Crippen molar-refractivity contribution in [3.63, 3.8) is 0 Å². The first kappa shape index (κ1) is 20.2. The molecule has 0 aliphatic rings. The summed E-state index contributed by atoms with van der Waals surface area (Å²) in [6, 6.07) is 10.8. The Bertz CT molecular complexity index is 955. The zero-order chi connectivity index (χ0) is 20.1. The van der Waals surface area contributed by atoms with Crippen molar-refractivity contribution in [2.24, 2.45) is 12.0 Å². The minimum absolute atomic E-state index is 0.727. The van der Waals surface area contributed by atoms with Gasteiger partial charge in [0.05, 0.1) is 6.54 Å². The normalized spacial score (nSPS) is 11.7. The maximum atomic E-state index is 4.43. The van der Waals surface area contributed by atoms with Gasteiger partial charge in [-0.3, -0.25) is 4.99 Å². The highest BCUT2D eigenvalue weighted by molar-refractivity contribution is 9.10. The van der Waals surface area contributed by atoms with E-state index in [0.29, 0.717) is 0 Å². The summed E-state index contributed by atoms with van der Waals surface area (Å²) in [6.45, 7) is 4.36. The molecule has 0 amide bonds. The van der Waals surface area contributed by atoms with Gasteiger partial charge in [0.1, 0.15) is 5.82 Å². The SMILES string of the molecule is CN=C(NCc1cccc(Cn2ccnc2C)c1)N(C)Cc1cc(Br)cn1C. The number of aromatic nitrogens is 3. The van der Waals surface area contributed by atoms with Gasteiger partial charge in [0.15, 0.2) is 5.96 Å². The van der Waals surface area contributed by atoms with Gasteiger partial charge in [-0.05, 0) is 40.0 Å². The van der Waals surface area contributed by atoms with E-state index in [1.807, 2.05) is 26.4 Å². The molecular weight excluding hydrogens is 416 g/mol. The van der Waals surface area contributed by atoms with E-state index in [4.69, 9.17) is 0 Å². The first-order chi connectivity index (χ1) is 13.5. The van der Waals surface area contributed by atoms with Crippen molar-refractivity contribution >= 4 is 21.9 Å². The number of guanidine groups is 1. The predicted molar refractivity (Wildman–Crippen MR) is 117 cm³/mol. The molecule has 0 atom stereocenters. The van der Waals surface area contributed by atoms with Crippen LogP contribution in [-0.4, -0.2) is 39.1 Å². The second-order valence-corrected chi connectivity index (χ2v) is 7.86. The molecule has 0 saturated heterocycles. The highest BCUT2D eigenvalue weighted by Gasteiger charge is 2.10. The number of halogens is 1. The van der Waals surface area contributed by atoms with Gasteiger partial charge in [0.25, 0.3) is 0 Å². The van der Waals surface area contributed by atoms with E-state index in [1.54, 1.807) is 0 Å². The maximum absolute atomic E-state index is 4.43. The number of hydrogen-bond donors (Lipinski definition) is 1. The third-order valence-corrected chi connectivity index (χ3v) is 5.20. The molecule has 2 aromatic heterocycles. The van der Waals surface area contributed by atoms with Crippen molar-refractivity contribution in [3.05, 3.63) is 76.0 Å². The van der Waals surface area contributed by atoms with Gasteiger partial charge in [0, 0.05) is 63.0 Å². The second-order valence-electron chi connectivity index (χ2n) is 6.94. The average Bonchev–Trinajstić information content (AvgIpc) is 3.20. The lowest BCUT2D eigenvalue weighted by atomic mass is 10.1. The Hall–Kier alpha value is -2.54. The molecule has 0 fully saturated rings. The number of rotatable bonds is 6. The summed E-state index contributed by atoms with van der Waals surface area (Å²) < 4.78 is 5.36. The largest absolute Gasteiger partial charge is 0.352 e. The van der Waals surface area contributed by atoms with Gasteiger partial charge in [-0.1, -0.05) is 24.3 Å². The molecule has 0 aliphatic heterocycles. The average molecular weight is 443 g/mol. The molecule has 0 unspecified atom stereocenters. The summed E-state index contributed by atoms with van der Waals surface area (Å²) >= 11 is 3.53. The molecular formula is C21H27BrN6. The number of aliphatic imine (C=N–C) groups is 1. The van der Waals surface area contributed by atoms with E-state index < -0.39 is 0 Å². The fourth-order valence-corrected chi connectivity index (χ4v) is 3.78. The molecule has 0 radical (unpaired) electrons. The van der Waals surface area contributed by atoms with Crippen LogP contribution in [0.25, 0.3) is 0 Å². The lowest BCUT2D eigenvalue weighted by molar-refractivity contribution is 0.461. The lowest BCUT2D eigenvalue weighted by Crippen LogP contribution is -2.38. The molecule has 148 valence electrons. The van der Waals surface area contributed by atoms with Gasteiger partial charge in [-0.2, -0.15) is 0 Å². The molecule has 1 N–H and O–H groups in total. The molecule has 0 spiro atoms. The Balaban J connectivity index is 1.61. The molecule has 3 rings (SSSR count). The number of imidazole rings is 1. The van der Waals surface area contributed by atoms with Crippen molar-refractivity contribution in [2.75, 3.05) is 14.1 Å². The van der Waals surface area contributed by atoms with E-state index in [-0.39, 0.29) is 0 Å². The molecule has 1 aromatic carbocycles. The van der Waals surface area contributed by atoms with Crippen LogP contribution in [0.5, 0.6) is 0 Å². The second kappa shape index (κ2) is 9.10. The van der Waals surface area contributed by atoms with E-state index in [1.165, 1.54) is 16.8 Å². The van der Waals surface area contributed by atoms with Crippen molar-refractivity contribution in [3.8, 4) is 0 Å². The molecule has 6 nitrogen and oxygen atoms in total. The molecule has 0 bridgehead atoms. The Morgan fingerprint density at radius 1 is 1.29 bits per heavy atom. The van der Waals surface area contributed by atoms with Crippen LogP contribution in [0.2, 0.25) is 0 Å². The highest BCUT2D eigenvalue weighted by atomic mass is 79.9. The quantitative estimate of drug-likeness (QED) is 0.468. The number of benzene rings is 1. The van der Waals surface area contributed by atoms with Crippen molar-refractivity contribution in [1.29, 1.82) is 0 Å². The molecule has 0 aliphatic carbocycles. The van der Waals surface area contributed by atoms with Gasteiger partial charge in [-0.25, -0.2) is 4.98 Å². The van der Waals surface area contributed by atoms with Gasteiger partial charge >= 0.3 is 0 Å². The Kier molecular flexibility index (Phi) is 6.57. The van der Waals surface area contributed by atoms with E-state index in [0.717, 1.165) is 35.9 Å². The third-order valence-electron chi connectivity index (χ3n) is 4.77. The van der Waals surface area contributed by atoms with Crippen molar-refractivity contribution in [1.82, 2.24) is 24.3 Å². The first-order valence-corrected chi connectivity index (χ1v) is 10.0. The summed E-state index contributed by atoms with van der Waals surface area (Å²) in [7, 11) is 5.92. The number of hydrogen-bond acceptors (Lipinski definition) is 2. The van der Waals surface area contributed by atoms with Crippen LogP contribution in [0, 0.1) is 6.92 Å². The summed E-state index contributed by atoms with van der Waals surface area (Å²) in [4.78, 5) is 10.8. The summed E-state index contributed by atoms with van der Waals surface area (Å²) in [5.41, 5.74) is 3.71. The minimum atomic E-state index is 0.727. The van der Waals surface area contributed by atoms with Crippen LogP contribution >= 0.6 is 15.9 Å². The number of aryl methyl sites for hydroxylation is 2. The highest BCUT2D eigenvalue weighted by Crippen LogP contribution is 2.15. The maximum Gasteiger partial charge on any atom is 0.194 e. The molecule has 0 saturated carbocycles. The summed E-state index contributed by atoms with van der Waals surface area (Å²) in [6.07, 6.45) is 5.91. The summed E-state index contributed by atoms with van der Waals surface area (Å²) in [5, 5.41) is 3.47. The fraction of sp³-hybridized carbons (Fsp3) is 0.333. The van der Waals surface area contributed by atoms with Gasteiger partial charge in [0.2, 0.25) is 0 Å². The fourth-order valence-electron chi connectivity index (χ4n) is 3.21. The number of nitrogens with one attached hydrogen (secondary N) is 1.